The molecular formula is C32H34N6O2. The molecule has 0 radical (unpaired) electrons. The van der Waals surface area contributed by atoms with Gasteiger partial charge in [-0.15, -0.1) is 10.2 Å². The topological polar surface area (TPSA) is 96.4 Å². The van der Waals surface area contributed by atoms with Crippen LogP contribution in [0.3, 0.4) is 0 Å². The second-order valence-corrected chi connectivity index (χ2v) is 10.7. The molecule has 0 unspecified atom stereocenters. The molecule has 0 atom stereocenters. The van der Waals surface area contributed by atoms with E-state index in [0.29, 0.717) is 38.4 Å². The molecule has 204 valence electrons. The van der Waals surface area contributed by atoms with Crippen molar-refractivity contribution in [3.63, 3.8) is 0 Å². The summed E-state index contributed by atoms with van der Waals surface area (Å²) >= 11 is 0. The molecular weight excluding hydrogens is 500 g/mol. The minimum absolute atomic E-state index is 0.122. The highest BCUT2D eigenvalue weighted by molar-refractivity contribution is 6.08. The first-order valence-corrected chi connectivity index (χ1v) is 14.1. The van der Waals surface area contributed by atoms with Gasteiger partial charge in [-0.1, -0.05) is 67.9 Å². The van der Waals surface area contributed by atoms with Gasteiger partial charge in [-0.2, -0.15) is 5.21 Å². The number of aryl methyl sites for hydroxylation is 1. The summed E-state index contributed by atoms with van der Waals surface area (Å²) in [6, 6.07) is 23.2. The van der Waals surface area contributed by atoms with Gasteiger partial charge < -0.3 is 4.74 Å². The van der Waals surface area contributed by atoms with E-state index in [9.17, 15) is 4.79 Å². The second kappa shape index (κ2) is 11.1. The molecule has 0 bridgehead atoms. The first-order valence-electron chi connectivity index (χ1n) is 14.1. The number of unbranched alkanes of at least 4 members (excludes halogenated alkanes) is 1. The quantitative estimate of drug-likeness (QED) is 0.300. The van der Waals surface area contributed by atoms with Crippen LogP contribution in [0.1, 0.15) is 50.2 Å². The summed E-state index contributed by atoms with van der Waals surface area (Å²) in [6.07, 6.45) is 4.23. The predicted molar refractivity (Wildman–Crippen MR) is 156 cm³/mol. The smallest absolute Gasteiger partial charge is 0.256 e. The molecule has 1 amide bonds. The van der Waals surface area contributed by atoms with Gasteiger partial charge in [0.25, 0.3) is 5.91 Å². The molecule has 1 aromatic heterocycles. The number of aromatic nitrogens is 4. The Hall–Kier alpha value is -4.17. The molecule has 8 nitrogen and oxygen atoms in total. The van der Waals surface area contributed by atoms with Gasteiger partial charge in [0.1, 0.15) is 11.4 Å². The molecule has 1 saturated heterocycles. The van der Waals surface area contributed by atoms with Crippen molar-refractivity contribution < 1.29 is 9.53 Å². The Kier molecular flexibility index (Phi) is 7.26. The Morgan fingerprint density at radius 1 is 0.950 bits per heavy atom. The molecule has 0 saturated carbocycles. The number of aliphatic imine (C=N–C) groups is 1. The maximum Gasteiger partial charge on any atom is 0.256 e. The molecule has 8 heteroatoms. The van der Waals surface area contributed by atoms with E-state index in [0.717, 1.165) is 52.9 Å². The van der Waals surface area contributed by atoms with E-state index in [1.54, 1.807) is 0 Å². The Morgan fingerprint density at radius 2 is 1.73 bits per heavy atom. The summed E-state index contributed by atoms with van der Waals surface area (Å²) in [5, 5.41) is 14.8. The number of hydrogen-bond acceptors (Lipinski definition) is 6. The SMILES string of the molecule is CCCCC1=NC2(CCOCC2)C(=O)N1Cc1ccc(-c2cc(-c3ccccc3C)ccc2-c2nn[nH]n2)cc1. The van der Waals surface area contributed by atoms with Crippen molar-refractivity contribution in [2.45, 2.75) is 58.0 Å². The lowest BCUT2D eigenvalue weighted by molar-refractivity contribution is -0.134. The molecule has 0 aliphatic carbocycles. The van der Waals surface area contributed by atoms with Crippen LogP contribution in [0.5, 0.6) is 0 Å². The summed E-state index contributed by atoms with van der Waals surface area (Å²) in [5.74, 6) is 1.59. The van der Waals surface area contributed by atoms with Gasteiger partial charge in [0.15, 0.2) is 0 Å². The van der Waals surface area contributed by atoms with Crippen LogP contribution in [0.15, 0.2) is 71.7 Å². The van der Waals surface area contributed by atoms with Crippen molar-refractivity contribution in [1.82, 2.24) is 25.5 Å². The predicted octanol–water partition coefficient (Wildman–Crippen LogP) is 5.99. The van der Waals surface area contributed by atoms with Gasteiger partial charge in [0.2, 0.25) is 5.82 Å². The fourth-order valence-corrected chi connectivity index (χ4v) is 5.74. The maximum absolute atomic E-state index is 13.7. The molecule has 2 aliphatic rings. The zero-order valence-corrected chi connectivity index (χ0v) is 23.1. The second-order valence-electron chi connectivity index (χ2n) is 10.7. The highest BCUT2D eigenvalue weighted by Crippen LogP contribution is 2.37. The first kappa shape index (κ1) is 26.1. The third-order valence-electron chi connectivity index (χ3n) is 8.04. The lowest BCUT2D eigenvalue weighted by Gasteiger charge is -2.29. The average molecular weight is 535 g/mol. The lowest BCUT2D eigenvalue weighted by Crippen LogP contribution is -2.45. The van der Waals surface area contributed by atoms with Crippen molar-refractivity contribution in [3.8, 4) is 33.6 Å². The van der Waals surface area contributed by atoms with E-state index < -0.39 is 5.54 Å². The average Bonchev–Trinajstić information content (AvgIpc) is 3.61. The highest BCUT2D eigenvalue weighted by Gasteiger charge is 2.48. The fraction of sp³-hybridized carbons (Fsp3) is 0.344. The normalized spacial score (nSPS) is 16.5. The lowest BCUT2D eigenvalue weighted by atomic mass is 9.90. The van der Waals surface area contributed by atoms with Gasteiger partial charge in [0.05, 0.1) is 6.54 Å². The number of amides is 1. The molecule has 3 heterocycles. The van der Waals surface area contributed by atoms with Crippen molar-refractivity contribution in [3.05, 3.63) is 77.9 Å². The van der Waals surface area contributed by atoms with Crippen LogP contribution < -0.4 is 0 Å². The van der Waals surface area contributed by atoms with Crippen LogP contribution in [-0.2, 0) is 16.1 Å². The number of carbonyl (C=O) groups excluding carboxylic acids is 1. The summed E-state index contributed by atoms with van der Waals surface area (Å²) in [6.45, 7) is 5.98. The van der Waals surface area contributed by atoms with Crippen LogP contribution in [0, 0.1) is 6.92 Å². The number of aromatic amines is 1. The molecule has 6 rings (SSSR count). The van der Waals surface area contributed by atoms with Gasteiger partial charge in [-0.05, 0) is 64.1 Å². The van der Waals surface area contributed by atoms with Crippen LogP contribution in [-0.4, -0.2) is 56.0 Å². The van der Waals surface area contributed by atoms with Crippen LogP contribution >= 0.6 is 0 Å². The van der Waals surface area contributed by atoms with Crippen molar-refractivity contribution in [2.24, 2.45) is 4.99 Å². The summed E-state index contributed by atoms with van der Waals surface area (Å²) in [4.78, 5) is 20.6. The van der Waals surface area contributed by atoms with E-state index in [4.69, 9.17) is 9.73 Å². The first-order chi connectivity index (χ1) is 19.6. The van der Waals surface area contributed by atoms with Gasteiger partial charge in [-0.25, -0.2) is 0 Å². The van der Waals surface area contributed by atoms with E-state index >= 15 is 0 Å². The summed E-state index contributed by atoms with van der Waals surface area (Å²) in [5.41, 5.74) is 6.94. The standard InChI is InChI=1S/C32H34N6O2/c1-3-4-9-29-33-32(16-18-40-19-17-32)31(39)38(29)21-23-10-12-24(13-11-23)28-20-25(26-8-6-5-7-22(26)2)14-15-27(28)30-34-36-37-35-30/h5-8,10-15,20H,3-4,9,16-19,21H2,1-2H3,(H,34,35,36,37). The molecule has 2 aliphatic heterocycles. The van der Waals surface area contributed by atoms with Gasteiger partial charge in [0, 0.05) is 38.0 Å². The number of carbonyl (C=O) groups is 1. The minimum Gasteiger partial charge on any atom is -0.381 e. The molecule has 3 aromatic carbocycles. The third-order valence-corrected chi connectivity index (χ3v) is 8.04. The fourth-order valence-electron chi connectivity index (χ4n) is 5.74. The number of rotatable bonds is 8. The Bertz CT molecular complexity index is 1520. The molecule has 1 N–H and O–H groups in total. The number of nitrogens with zero attached hydrogens (tertiary/aromatic N) is 5. The van der Waals surface area contributed by atoms with E-state index in [-0.39, 0.29) is 5.91 Å². The highest BCUT2D eigenvalue weighted by atomic mass is 16.5. The van der Waals surface area contributed by atoms with Crippen LogP contribution in [0.2, 0.25) is 0 Å². The Labute approximate surface area is 234 Å². The molecule has 1 fully saturated rings. The monoisotopic (exact) mass is 534 g/mol. The summed E-state index contributed by atoms with van der Waals surface area (Å²) in [7, 11) is 0. The maximum atomic E-state index is 13.7. The van der Waals surface area contributed by atoms with Gasteiger partial charge >= 0.3 is 0 Å². The van der Waals surface area contributed by atoms with Crippen molar-refractivity contribution in [1.29, 1.82) is 0 Å². The Morgan fingerprint density at radius 3 is 2.45 bits per heavy atom. The van der Waals surface area contributed by atoms with Gasteiger partial charge in [-0.3, -0.25) is 14.7 Å². The van der Waals surface area contributed by atoms with E-state index in [1.807, 2.05) is 4.90 Å². The van der Waals surface area contributed by atoms with Crippen LogP contribution in [0.4, 0.5) is 0 Å². The van der Waals surface area contributed by atoms with E-state index in [2.05, 4.69) is 101 Å². The number of H-pyrrole nitrogens is 1. The summed E-state index contributed by atoms with van der Waals surface area (Å²) < 4.78 is 5.55. The number of amidine groups is 1. The Balaban J connectivity index is 1.31. The van der Waals surface area contributed by atoms with E-state index in [1.165, 1.54) is 11.1 Å². The number of benzene rings is 3. The number of tetrazole rings is 1. The zero-order valence-electron chi connectivity index (χ0n) is 23.1. The largest absolute Gasteiger partial charge is 0.381 e. The third kappa shape index (κ3) is 4.95. The molecule has 1 spiro atoms. The number of hydrogen-bond donors (Lipinski definition) is 1. The molecule has 40 heavy (non-hydrogen) atoms. The zero-order chi connectivity index (χ0) is 27.5. The number of nitrogens with one attached hydrogen (secondary N) is 1. The molecule has 4 aromatic rings. The van der Waals surface area contributed by atoms with Crippen LogP contribution in [0.25, 0.3) is 33.6 Å². The number of ether oxygens (including phenoxy) is 1. The minimum atomic E-state index is -0.642. The van der Waals surface area contributed by atoms with Crippen molar-refractivity contribution >= 4 is 11.7 Å². The van der Waals surface area contributed by atoms with Crippen molar-refractivity contribution in [2.75, 3.05) is 13.2 Å².